The normalized spacial score (nSPS) is 20.1. The van der Waals surface area contributed by atoms with Crippen LogP contribution in [0, 0.1) is 0 Å². The van der Waals surface area contributed by atoms with Crippen LogP contribution in [0.4, 0.5) is 5.69 Å². The fourth-order valence-electron chi connectivity index (χ4n) is 2.26. The summed E-state index contributed by atoms with van der Waals surface area (Å²) < 4.78 is 0. The molecule has 1 aliphatic heterocycles. The zero-order valence-electron chi connectivity index (χ0n) is 10.9. The van der Waals surface area contributed by atoms with Crippen molar-refractivity contribution >= 4 is 11.6 Å². The Morgan fingerprint density at radius 1 is 1.39 bits per heavy atom. The number of benzene rings is 1. The molecule has 0 saturated carbocycles. The Balaban J connectivity index is 2.21. The highest BCUT2D eigenvalue weighted by atomic mass is 16.3. The number of aliphatic hydroxyl groups excluding tert-OH is 1. The SMILES string of the molecule is CC(C)c1ccc(N2CCNC(=O)C2CO)cc1. The van der Waals surface area contributed by atoms with Crippen LogP contribution in [0.2, 0.25) is 0 Å². The number of rotatable bonds is 3. The molecule has 1 heterocycles. The molecule has 0 aliphatic carbocycles. The fourth-order valence-corrected chi connectivity index (χ4v) is 2.26. The maximum atomic E-state index is 11.7. The van der Waals surface area contributed by atoms with E-state index in [-0.39, 0.29) is 12.5 Å². The quantitative estimate of drug-likeness (QED) is 0.842. The number of carbonyl (C=O) groups is 1. The van der Waals surface area contributed by atoms with E-state index in [1.807, 2.05) is 17.0 Å². The van der Waals surface area contributed by atoms with Crippen LogP contribution in [0.1, 0.15) is 25.3 Å². The topological polar surface area (TPSA) is 52.6 Å². The average molecular weight is 248 g/mol. The van der Waals surface area contributed by atoms with E-state index in [0.29, 0.717) is 12.5 Å². The molecule has 1 aromatic rings. The zero-order chi connectivity index (χ0) is 13.1. The number of hydrogen-bond donors (Lipinski definition) is 2. The second kappa shape index (κ2) is 5.40. The minimum Gasteiger partial charge on any atom is -0.394 e. The van der Waals surface area contributed by atoms with Gasteiger partial charge >= 0.3 is 0 Å². The first-order valence-corrected chi connectivity index (χ1v) is 6.38. The van der Waals surface area contributed by atoms with Gasteiger partial charge in [0, 0.05) is 18.8 Å². The first-order valence-electron chi connectivity index (χ1n) is 6.38. The number of anilines is 1. The van der Waals surface area contributed by atoms with Gasteiger partial charge in [-0.2, -0.15) is 0 Å². The van der Waals surface area contributed by atoms with Gasteiger partial charge in [0.15, 0.2) is 0 Å². The highest BCUT2D eigenvalue weighted by Gasteiger charge is 2.28. The lowest BCUT2D eigenvalue weighted by Crippen LogP contribution is -2.57. The number of piperazine rings is 1. The van der Waals surface area contributed by atoms with Gasteiger partial charge in [0.05, 0.1) is 6.61 Å². The van der Waals surface area contributed by atoms with E-state index < -0.39 is 6.04 Å². The van der Waals surface area contributed by atoms with Crippen LogP contribution < -0.4 is 10.2 Å². The molecule has 1 unspecified atom stereocenters. The number of nitrogens with one attached hydrogen (secondary N) is 1. The average Bonchev–Trinajstić information content (AvgIpc) is 2.38. The van der Waals surface area contributed by atoms with E-state index in [9.17, 15) is 9.90 Å². The Morgan fingerprint density at radius 2 is 2.06 bits per heavy atom. The molecule has 2 rings (SSSR count). The Kier molecular flexibility index (Phi) is 3.87. The van der Waals surface area contributed by atoms with Crippen molar-refractivity contribution in [1.29, 1.82) is 0 Å². The molecule has 1 aromatic carbocycles. The van der Waals surface area contributed by atoms with Crippen molar-refractivity contribution in [2.75, 3.05) is 24.6 Å². The van der Waals surface area contributed by atoms with Gasteiger partial charge in [0.2, 0.25) is 5.91 Å². The molecule has 0 spiro atoms. The highest BCUT2D eigenvalue weighted by molar-refractivity contribution is 5.86. The van der Waals surface area contributed by atoms with Gasteiger partial charge in [-0.1, -0.05) is 26.0 Å². The van der Waals surface area contributed by atoms with Gasteiger partial charge in [-0.3, -0.25) is 4.79 Å². The lowest BCUT2D eigenvalue weighted by atomic mass is 10.0. The number of aliphatic hydroxyl groups is 1. The Hall–Kier alpha value is -1.55. The van der Waals surface area contributed by atoms with Crippen LogP contribution in [0.25, 0.3) is 0 Å². The first kappa shape index (κ1) is 12.9. The predicted molar refractivity (Wildman–Crippen MR) is 71.8 cm³/mol. The van der Waals surface area contributed by atoms with Crippen molar-refractivity contribution in [2.24, 2.45) is 0 Å². The van der Waals surface area contributed by atoms with Gasteiger partial charge in [-0.15, -0.1) is 0 Å². The number of hydrogen-bond acceptors (Lipinski definition) is 3. The second-order valence-electron chi connectivity index (χ2n) is 4.93. The van der Waals surface area contributed by atoms with Gasteiger partial charge in [0.25, 0.3) is 0 Å². The number of amides is 1. The zero-order valence-corrected chi connectivity index (χ0v) is 10.9. The molecular weight excluding hydrogens is 228 g/mol. The first-order chi connectivity index (χ1) is 8.63. The molecule has 98 valence electrons. The van der Waals surface area contributed by atoms with E-state index in [1.54, 1.807) is 0 Å². The van der Waals surface area contributed by atoms with Crippen molar-refractivity contribution in [3.63, 3.8) is 0 Å². The molecule has 0 aromatic heterocycles. The Bertz CT molecular complexity index is 414. The van der Waals surface area contributed by atoms with Crippen molar-refractivity contribution in [3.05, 3.63) is 29.8 Å². The van der Waals surface area contributed by atoms with Crippen molar-refractivity contribution < 1.29 is 9.90 Å². The van der Waals surface area contributed by atoms with Crippen LogP contribution >= 0.6 is 0 Å². The van der Waals surface area contributed by atoms with E-state index in [0.717, 1.165) is 12.2 Å². The summed E-state index contributed by atoms with van der Waals surface area (Å²) in [5, 5.41) is 12.1. The largest absolute Gasteiger partial charge is 0.394 e. The monoisotopic (exact) mass is 248 g/mol. The summed E-state index contributed by atoms with van der Waals surface area (Å²) in [6.45, 7) is 5.51. The molecule has 18 heavy (non-hydrogen) atoms. The van der Waals surface area contributed by atoms with Crippen molar-refractivity contribution in [3.8, 4) is 0 Å². The van der Waals surface area contributed by atoms with Gasteiger partial charge in [0.1, 0.15) is 6.04 Å². The van der Waals surface area contributed by atoms with Gasteiger partial charge in [-0.25, -0.2) is 0 Å². The summed E-state index contributed by atoms with van der Waals surface area (Å²) >= 11 is 0. The van der Waals surface area contributed by atoms with Crippen LogP contribution in [-0.2, 0) is 4.79 Å². The summed E-state index contributed by atoms with van der Waals surface area (Å²) in [5.74, 6) is 0.397. The molecule has 0 bridgehead atoms. The van der Waals surface area contributed by atoms with Gasteiger partial charge in [-0.05, 0) is 23.6 Å². The van der Waals surface area contributed by atoms with Crippen LogP contribution in [0.3, 0.4) is 0 Å². The second-order valence-corrected chi connectivity index (χ2v) is 4.93. The van der Waals surface area contributed by atoms with Crippen molar-refractivity contribution in [2.45, 2.75) is 25.8 Å². The fraction of sp³-hybridized carbons (Fsp3) is 0.500. The third-order valence-corrected chi connectivity index (χ3v) is 3.40. The molecule has 1 aliphatic rings. The lowest BCUT2D eigenvalue weighted by molar-refractivity contribution is -0.124. The minimum absolute atomic E-state index is 0.100. The van der Waals surface area contributed by atoms with E-state index in [4.69, 9.17) is 0 Å². The number of carbonyl (C=O) groups excluding carboxylic acids is 1. The smallest absolute Gasteiger partial charge is 0.245 e. The highest BCUT2D eigenvalue weighted by Crippen LogP contribution is 2.22. The molecule has 4 heteroatoms. The third kappa shape index (κ3) is 2.48. The third-order valence-electron chi connectivity index (χ3n) is 3.40. The molecule has 1 amide bonds. The summed E-state index contributed by atoms with van der Waals surface area (Å²) in [7, 11) is 0. The van der Waals surface area contributed by atoms with Crippen LogP contribution in [0.5, 0.6) is 0 Å². The summed E-state index contributed by atoms with van der Waals surface area (Å²) in [4.78, 5) is 13.6. The molecule has 2 N–H and O–H groups in total. The molecule has 1 saturated heterocycles. The maximum Gasteiger partial charge on any atom is 0.245 e. The Labute approximate surface area is 108 Å². The summed E-state index contributed by atoms with van der Waals surface area (Å²) in [6.07, 6.45) is 0. The van der Waals surface area contributed by atoms with Crippen LogP contribution in [-0.4, -0.2) is 36.8 Å². The van der Waals surface area contributed by atoms with Gasteiger partial charge < -0.3 is 15.3 Å². The van der Waals surface area contributed by atoms with Crippen LogP contribution in [0.15, 0.2) is 24.3 Å². The summed E-state index contributed by atoms with van der Waals surface area (Å²) in [6, 6.07) is 7.75. The molecular formula is C14H20N2O2. The summed E-state index contributed by atoms with van der Waals surface area (Å²) in [5.41, 5.74) is 2.27. The van der Waals surface area contributed by atoms with E-state index >= 15 is 0 Å². The Morgan fingerprint density at radius 3 is 2.61 bits per heavy atom. The lowest BCUT2D eigenvalue weighted by Gasteiger charge is -2.35. The predicted octanol–water partition coefficient (Wildman–Crippen LogP) is 1.11. The number of nitrogens with zero attached hydrogens (tertiary/aromatic N) is 1. The molecule has 4 nitrogen and oxygen atoms in total. The van der Waals surface area contributed by atoms with E-state index in [2.05, 4.69) is 31.3 Å². The minimum atomic E-state index is -0.469. The maximum absolute atomic E-state index is 11.7. The standard InChI is InChI=1S/C14H20N2O2/c1-10(2)11-3-5-12(6-4-11)16-8-7-15-14(18)13(16)9-17/h3-6,10,13,17H,7-9H2,1-2H3,(H,15,18). The van der Waals surface area contributed by atoms with E-state index in [1.165, 1.54) is 5.56 Å². The molecule has 1 atom stereocenters. The molecule has 0 radical (unpaired) electrons. The molecule has 1 fully saturated rings. The van der Waals surface area contributed by atoms with Crippen molar-refractivity contribution in [1.82, 2.24) is 5.32 Å².